The molecule has 0 fully saturated rings. The molecule has 26 heavy (non-hydrogen) atoms. The van der Waals surface area contributed by atoms with Crippen molar-refractivity contribution in [1.29, 1.82) is 0 Å². The minimum absolute atomic E-state index is 0.0749. The Kier molecular flexibility index (Phi) is 5.18. The van der Waals surface area contributed by atoms with Gasteiger partial charge >= 0.3 is 0 Å². The van der Waals surface area contributed by atoms with E-state index in [0.29, 0.717) is 16.8 Å². The largest absolute Gasteiger partial charge is 0.494 e. The van der Waals surface area contributed by atoms with Crippen molar-refractivity contribution in [3.8, 4) is 5.75 Å². The van der Waals surface area contributed by atoms with Crippen LogP contribution in [-0.4, -0.2) is 36.1 Å². The number of nitrogens with one attached hydrogen (secondary N) is 1. The highest BCUT2D eigenvalue weighted by Crippen LogP contribution is 2.36. The van der Waals surface area contributed by atoms with Crippen LogP contribution in [0.1, 0.15) is 22.8 Å². The van der Waals surface area contributed by atoms with E-state index >= 15 is 0 Å². The van der Waals surface area contributed by atoms with Crippen LogP contribution in [0.5, 0.6) is 5.75 Å². The first-order chi connectivity index (χ1) is 12.4. The smallest absolute Gasteiger partial charge is 0.253 e. The Morgan fingerprint density at radius 3 is 2.77 bits per heavy atom. The number of carbonyl (C=O) groups excluding carboxylic acids is 2. The number of halogens is 1. The Balaban J connectivity index is 1.75. The molecule has 0 bridgehead atoms. The summed E-state index contributed by atoms with van der Waals surface area (Å²) in [5, 5.41) is 2.66. The zero-order chi connectivity index (χ0) is 18.8. The Morgan fingerprint density at radius 2 is 2.08 bits per heavy atom. The quantitative estimate of drug-likeness (QED) is 0.889. The standard InChI is InChI=1S/C19H19FN2O3S/c1-11-18(23)21-15-9-13(5-7-17(15)26-11)19(24)22(2)10-12-4-6-16(25-3)14(20)8-12/h4-9,11H,10H2,1-3H3,(H,21,23). The number of benzene rings is 2. The molecule has 0 spiro atoms. The van der Waals surface area contributed by atoms with Gasteiger partial charge in [0, 0.05) is 24.1 Å². The molecule has 0 saturated carbocycles. The SMILES string of the molecule is COc1ccc(CN(C)C(=O)c2ccc3c(c2)NC(=O)C(C)S3)cc1F. The molecule has 1 heterocycles. The van der Waals surface area contributed by atoms with Gasteiger partial charge in [-0.05, 0) is 42.8 Å². The summed E-state index contributed by atoms with van der Waals surface area (Å²) >= 11 is 1.47. The molecular weight excluding hydrogens is 355 g/mol. The first kappa shape index (κ1) is 18.3. The third-order valence-electron chi connectivity index (χ3n) is 4.14. The molecule has 3 rings (SSSR count). The molecule has 1 N–H and O–H groups in total. The van der Waals surface area contributed by atoms with Gasteiger partial charge < -0.3 is 15.0 Å². The van der Waals surface area contributed by atoms with E-state index in [-0.39, 0.29) is 29.4 Å². The Labute approximate surface area is 155 Å². The van der Waals surface area contributed by atoms with Crippen LogP contribution in [0, 0.1) is 5.82 Å². The van der Waals surface area contributed by atoms with Gasteiger partial charge in [0.05, 0.1) is 18.0 Å². The average molecular weight is 374 g/mol. The molecule has 1 atom stereocenters. The minimum atomic E-state index is -0.464. The molecule has 1 aliphatic heterocycles. The van der Waals surface area contributed by atoms with Crippen molar-refractivity contribution >= 4 is 29.3 Å². The Hall–Kier alpha value is -2.54. The van der Waals surface area contributed by atoms with Gasteiger partial charge in [0.15, 0.2) is 11.6 Å². The average Bonchev–Trinajstić information content (AvgIpc) is 2.62. The number of rotatable bonds is 4. The van der Waals surface area contributed by atoms with Gasteiger partial charge in [-0.3, -0.25) is 9.59 Å². The Bertz CT molecular complexity index is 872. The summed E-state index contributed by atoms with van der Waals surface area (Å²) in [6.07, 6.45) is 0. The first-order valence-corrected chi connectivity index (χ1v) is 8.96. The molecule has 7 heteroatoms. The van der Waals surface area contributed by atoms with E-state index in [0.717, 1.165) is 4.90 Å². The van der Waals surface area contributed by atoms with Gasteiger partial charge in [-0.25, -0.2) is 4.39 Å². The number of hydrogen-bond acceptors (Lipinski definition) is 4. The van der Waals surface area contributed by atoms with E-state index in [2.05, 4.69) is 5.32 Å². The molecule has 2 aromatic carbocycles. The topological polar surface area (TPSA) is 58.6 Å². The highest BCUT2D eigenvalue weighted by atomic mass is 32.2. The lowest BCUT2D eigenvalue weighted by Crippen LogP contribution is -2.28. The minimum Gasteiger partial charge on any atom is -0.494 e. The maximum Gasteiger partial charge on any atom is 0.253 e. The molecule has 0 radical (unpaired) electrons. The first-order valence-electron chi connectivity index (χ1n) is 8.08. The summed E-state index contributed by atoms with van der Waals surface area (Å²) in [5.41, 5.74) is 1.78. The van der Waals surface area contributed by atoms with Crippen molar-refractivity contribution in [2.24, 2.45) is 0 Å². The van der Waals surface area contributed by atoms with Gasteiger partial charge in [0.25, 0.3) is 5.91 Å². The van der Waals surface area contributed by atoms with Gasteiger partial charge in [0.2, 0.25) is 5.91 Å². The monoisotopic (exact) mass is 374 g/mol. The summed E-state index contributed by atoms with van der Waals surface area (Å²) < 4.78 is 18.7. The van der Waals surface area contributed by atoms with Crippen LogP contribution in [0.3, 0.4) is 0 Å². The van der Waals surface area contributed by atoms with Crippen LogP contribution in [0.15, 0.2) is 41.3 Å². The van der Waals surface area contributed by atoms with Crippen molar-refractivity contribution in [1.82, 2.24) is 4.90 Å². The van der Waals surface area contributed by atoms with E-state index < -0.39 is 5.82 Å². The van der Waals surface area contributed by atoms with Crippen LogP contribution in [-0.2, 0) is 11.3 Å². The maximum atomic E-state index is 13.8. The van der Waals surface area contributed by atoms with Crippen LogP contribution < -0.4 is 10.1 Å². The third kappa shape index (κ3) is 3.67. The second-order valence-corrected chi connectivity index (χ2v) is 7.47. The molecule has 1 aliphatic rings. The molecular formula is C19H19FN2O3S. The normalized spacial score (nSPS) is 15.8. The molecule has 2 amide bonds. The summed E-state index contributed by atoms with van der Waals surface area (Å²) in [4.78, 5) is 26.9. The van der Waals surface area contributed by atoms with E-state index in [1.807, 2.05) is 13.0 Å². The van der Waals surface area contributed by atoms with Crippen LogP contribution in [0.25, 0.3) is 0 Å². The summed E-state index contributed by atoms with van der Waals surface area (Å²) in [5.74, 6) is -0.579. The molecule has 5 nitrogen and oxygen atoms in total. The van der Waals surface area contributed by atoms with E-state index in [4.69, 9.17) is 4.74 Å². The number of anilines is 1. The molecule has 136 valence electrons. The zero-order valence-electron chi connectivity index (χ0n) is 14.7. The van der Waals surface area contributed by atoms with Crippen molar-refractivity contribution in [3.05, 3.63) is 53.3 Å². The van der Waals surface area contributed by atoms with Gasteiger partial charge in [0.1, 0.15) is 0 Å². The number of nitrogens with zero attached hydrogens (tertiary/aromatic N) is 1. The van der Waals surface area contributed by atoms with Gasteiger partial charge in [-0.15, -0.1) is 11.8 Å². The fourth-order valence-electron chi connectivity index (χ4n) is 2.72. The summed E-state index contributed by atoms with van der Waals surface area (Å²) in [6.45, 7) is 2.10. The molecule has 0 aliphatic carbocycles. The van der Waals surface area contributed by atoms with E-state index in [9.17, 15) is 14.0 Å². The van der Waals surface area contributed by atoms with Crippen molar-refractivity contribution < 1.29 is 18.7 Å². The summed E-state index contributed by atoms with van der Waals surface area (Å²) in [7, 11) is 3.06. The lowest BCUT2D eigenvalue weighted by atomic mass is 10.1. The van der Waals surface area contributed by atoms with E-state index in [1.165, 1.54) is 35.9 Å². The number of ether oxygens (including phenoxy) is 1. The number of carbonyl (C=O) groups is 2. The number of hydrogen-bond donors (Lipinski definition) is 1. The highest BCUT2D eigenvalue weighted by Gasteiger charge is 2.24. The van der Waals surface area contributed by atoms with Gasteiger partial charge in [-0.2, -0.15) is 0 Å². The van der Waals surface area contributed by atoms with E-state index in [1.54, 1.807) is 25.2 Å². The number of fused-ring (bicyclic) bond motifs is 1. The fraction of sp³-hybridized carbons (Fsp3) is 0.263. The second kappa shape index (κ2) is 7.37. The lowest BCUT2D eigenvalue weighted by Gasteiger charge is -2.23. The third-order valence-corrected chi connectivity index (χ3v) is 5.32. The highest BCUT2D eigenvalue weighted by molar-refractivity contribution is 8.00. The number of methoxy groups -OCH3 is 1. The Morgan fingerprint density at radius 1 is 1.31 bits per heavy atom. The van der Waals surface area contributed by atoms with Crippen molar-refractivity contribution in [3.63, 3.8) is 0 Å². The molecule has 1 unspecified atom stereocenters. The van der Waals surface area contributed by atoms with Gasteiger partial charge in [-0.1, -0.05) is 6.07 Å². The zero-order valence-corrected chi connectivity index (χ0v) is 15.5. The lowest BCUT2D eigenvalue weighted by molar-refractivity contribution is -0.115. The molecule has 0 aromatic heterocycles. The van der Waals surface area contributed by atoms with Crippen LogP contribution >= 0.6 is 11.8 Å². The molecule has 0 saturated heterocycles. The summed E-state index contributed by atoms with van der Waals surface area (Å²) in [6, 6.07) is 9.87. The van der Waals surface area contributed by atoms with Crippen molar-refractivity contribution in [2.75, 3.05) is 19.5 Å². The second-order valence-electron chi connectivity index (χ2n) is 6.09. The maximum absolute atomic E-state index is 13.8. The fourth-order valence-corrected chi connectivity index (χ4v) is 3.65. The predicted molar refractivity (Wildman–Crippen MR) is 99.1 cm³/mol. The molecule has 2 aromatic rings. The number of thioether (sulfide) groups is 1. The number of amides is 2. The predicted octanol–water partition coefficient (Wildman–Crippen LogP) is 3.54. The van der Waals surface area contributed by atoms with Crippen LogP contribution in [0.2, 0.25) is 0 Å². The van der Waals surface area contributed by atoms with Crippen molar-refractivity contribution in [2.45, 2.75) is 23.6 Å². The van der Waals surface area contributed by atoms with Crippen LogP contribution in [0.4, 0.5) is 10.1 Å².